The van der Waals surface area contributed by atoms with Crippen molar-refractivity contribution in [2.45, 2.75) is 13.0 Å². The van der Waals surface area contributed by atoms with Crippen LogP contribution in [0, 0.1) is 0 Å². The number of nitrogen functional groups attached to an aromatic ring is 1. The van der Waals surface area contributed by atoms with E-state index in [0.29, 0.717) is 11.4 Å². The molecule has 0 aliphatic carbocycles. The number of nitrogens with two attached hydrogens (primary N) is 1. The molecule has 0 radical (unpaired) electrons. The lowest BCUT2D eigenvalue weighted by Gasteiger charge is -2.29. The Balaban J connectivity index is 1.82. The molecule has 1 aliphatic heterocycles. The van der Waals surface area contributed by atoms with E-state index >= 15 is 0 Å². The topological polar surface area (TPSA) is 92.5 Å². The summed E-state index contributed by atoms with van der Waals surface area (Å²) in [4.78, 5) is 18.4. The number of hydrogen-bond donors (Lipinski definition) is 3. The molecule has 1 atom stereocenters. The highest BCUT2D eigenvalue weighted by atomic mass is 16.5. The summed E-state index contributed by atoms with van der Waals surface area (Å²) in [6, 6.07) is 3.43. The zero-order valence-electron chi connectivity index (χ0n) is 11.6. The van der Waals surface area contributed by atoms with Crippen LogP contribution in [0.3, 0.4) is 0 Å². The molecule has 7 nitrogen and oxygen atoms in total. The normalized spacial score (nSPS) is 17.5. The maximum absolute atomic E-state index is 12.0. The summed E-state index contributed by atoms with van der Waals surface area (Å²) < 4.78 is 5.30. The maximum atomic E-state index is 12.0. The molecule has 1 fully saturated rings. The minimum atomic E-state index is -0.172. The van der Waals surface area contributed by atoms with E-state index < -0.39 is 0 Å². The lowest BCUT2D eigenvalue weighted by atomic mass is 10.2. The Morgan fingerprint density at radius 1 is 1.50 bits per heavy atom. The molecule has 7 heteroatoms. The fourth-order valence-electron chi connectivity index (χ4n) is 2.13. The van der Waals surface area contributed by atoms with Crippen molar-refractivity contribution in [3.63, 3.8) is 0 Å². The third-order valence-corrected chi connectivity index (χ3v) is 3.18. The molecule has 2 rings (SSSR count). The van der Waals surface area contributed by atoms with Crippen molar-refractivity contribution in [2.75, 3.05) is 38.3 Å². The highest BCUT2D eigenvalue weighted by Crippen LogP contribution is 2.05. The Morgan fingerprint density at radius 2 is 2.25 bits per heavy atom. The number of pyridine rings is 1. The Kier molecular flexibility index (Phi) is 5.28. The average Bonchev–Trinajstić information content (AvgIpc) is 2.48. The highest BCUT2D eigenvalue weighted by molar-refractivity contribution is 5.92. The standard InChI is InChI=1S/C13H21N5O2/c1-10(9-18-4-6-20-7-5-18)16-13(19)12-3-2-11(17-14)8-15-12/h2-3,8,10,17H,4-7,9,14H2,1H3,(H,16,19). The highest BCUT2D eigenvalue weighted by Gasteiger charge is 2.16. The lowest BCUT2D eigenvalue weighted by molar-refractivity contribution is 0.0342. The molecule has 2 heterocycles. The van der Waals surface area contributed by atoms with Crippen LogP contribution in [0.2, 0.25) is 0 Å². The molecule has 110 valence electrons. The van der Waals surface area contributed by atoms with E-state index in [1.54, 1.807) is 12.1 Å². The first-order valence-corrected chi connectivity index (χ1v) is 6.72. The van der Waals surface area contributed by atoms with E-state index in [-0.39, 0.29) is 11.9 Å². The Labute approximate surface area is 118 Å². The summed E-state index contributed by atoms with van der Waals surface area (Å²) in [6.45, 7) is 6.15. The number of nitrogens with one attached hydrogen (secondary N) is 2. The number of anilines is 1. The van der Waals surface area contributed by atoms with Crippen molar-refractivity contribution in [1.82, 2.24) is 15.2 Å². The molecule has 1 aromatic heterocycles. The van der Waals surface area contributed by atoms with Crippen molar-refractivity contribution in [3.8, 4) is 0 Å². The molecule has 0 spiro atoms. The molecule has 1 aromatic rings. The van der Waals surface area contributed by atoms with Crippen molar-refractivity contribution >= 4 is 11.6 Å². The fraction of sp³-hybridized carbons (Fsp3) is 0.538. The third kappa shape index (κ3) is 4.16. The van der Waals surface area contributed by atoms with Crippen LogP contribution < -0.4 is 16.6 Å². The van der Waals surface area contributed by atoms with Gasteiger partial charge in [0.25, 0.3) is 5.91 Å². The molecule has 1 saturated heterocycles. The van der Waals surface area contributed by atoms with Crippen LogP contribution in [0.1, 0.15) is 17.4 Å². The molecule has 1 amide bonds. The van der Waals surface area contributed by atoms with Crippen LogP contribution >= 0.6 is 0 Å². The maximum Gasteiger partial charge on any atom is 0.270 e. The second-order valence-corrected chi connectivity index (χ2v) is 4.86. The van der Waals surface area contributed by atoms with Crippen molar-refractivity contribution < 1.29 is 9.53 Å². The zero-order chi connectivity index (χ0) is 14.4. The van der Waals surface area contributed by atoms with Crippen molar-refractivity contribution in [2.24, 2.45) is 5.84 Å². The van der Waals surface area contributed by atoms with Gasteiger partial charge in [-0.1, -0.05) is 0 Å². The van der Waals surface area contributed by atoms with Gasteiger partial charge in [0.1, 0.15) is 5.69 Å². The van der Waals surface area contributed by atoms with Gasteiger partial charge in [0.15, 0.2) is 0 Å². The van der Waals surface area contributed by atoms with Gasteiger partial charge in [-0.3, -0.25) is 15.5 Å². The molecule has 0 aromatic carbocycles. The van der Waals surface area contributed by atoms with Gasteiger partial charge >= 0.3 is 0 Å². The minimum Gasteiger partial charge on any atom is -0.379 e. The Hall–Kier alpha value is -1.70. The second-order valence-electron chi connectivity index (χ2n) is 4.86. The van der Waals surface area contributed by atoms with E-state index in [1.807, 2.05) is 6.92 Å². The number of rotatable bonds is 5. The quantitative estimate of drug-likeness (QED) is 0.511. The van der Waals surface area contributed by atoms with E-state index in [9.17, 15) is 4.79 Å². The van der Waals surface area contributed by atoms with Crippen LogP contribution in [-0.2, 0) is 4.74 Å². The van der Waals surface area contributed by atoms with E-state index in [4.69, 9.17) is 10.6 Å². The molecule has 20 heavy (non-hydrogen) atoms. The minimum absolute atomic E-state index is 0.0645. The molecule has 0 saturated carbocycles. The first-order valence-electron chi connectivity index (χ1n) is 6.72. The number of nitrogens with zero attached hydrogens (tertiary/aromatic N) is 2. The summed E-state index contributed by atoms with van der Waals surface area (Å²) in [5.74, 6) is 5.08. The number of hydrazine groups is 1. The van der Waals surface area contributed by atoms with Gasteiger partial charge in [-0.25, -0.2) is 4.98 Å². The van der Waals surface area contributed by atoms with Gasteiger partial charge in [-0.2, -0.15) is 0 Å². The first kappa shape index (κ1) is 14.7. The average molecular weight is 279 g/mol. The van der Waals surface area contributed by atoms with Crippen molar-refractivity contribution in [1.29, 1.82) is 0 Å². The Morgan fingerprint density at radius 3 is 2.85 bits per heavy atom. The van der Waals surface area contributed by atoms with Crippen LogP contribution in [0.25, 0.3) is 0 Å². The number of carbonyl (C=O) groups excluding carboxylic acids is 1. The predicted octanol–water partition coefficient (Wildman–Crippen LogP) is -0.182. The van der Waals surface area contributed by atoms with Gasteiger partial charge in [0.05, 0.1) is 25.1 Å². The van der Waals surface area contributed by atoms with Crippen LogP contribution in [0.15, 0.2) is 18.3 Å². The smallest absolute Gasteiger partial charge is 0.270 e. The van der Waals surface area contributed by atoms with Gasteiger partial charge in [0, 0.05) is 25.7 Å². The molecular weight excluding hydrogens is 258 g/mol. The van der Waals surface area contributed by atoms with Gasteiger partial charge in [-0.05, 0) is 19.1 Å². The number of ether oxygens (including phenoxy) is 1. The molecule has 0 bridgehead atoms. The molecule has 4 N–H and O–H groups in total. The largest absolute Gasteiger partial charge is 0.379 e. The summed E-state index contributed by atoms with van der Waals surface area (Å²) >= 11 is 0. The summed E-state index contributed by atoms with van der Waals surface area (Å²) in [5.41, 5.74) is 3.53. The van der Waals surface area contributed by atoms with Gasteiger partial charge < -0.3 is 15.5 Å². The molecule has 1 aliphatic rings. The number of amides is 1. The third-order valence-electron chi connectivity index (χ3n) is 3.18. The molecule has 1 unspecified atom stereocenters. The predicted molar refractivity (Wildman–Crippen MR) is 76.2 cm³/mol. The van der Waals surface area contributed by atoms with Gasteiger partial charge in [0.2, 0.25) is 0 Å². The lowest BCUT2D eigenvalue weighted by Crippen LogP contribution is -2.46. The number of aromatic nitrogens is 1. The number of carbonyl (C=O) groups is 1. The van der Waals surface area contributed by atoms with Crippen LogP contribution in [0.5, 0.6) is 0 Å². The van der Waals surface area contributed by atoms with E-state index in [2.05, 4.69) is 20.6 Å². The van der Waals surface area contributed by atoms with Crippen molar-refractivity contribution in [3.05, 3.63) is 24.0 Å². The summed E-state index contributed by atoms with van der Waals surface area (Å²) in [5, 5.41) is 2.95. The van der Waals surface area contributed by atoms with Crippen LogP contribution in [0.4, 0.5) is 5.69 Å². The summed E-state index contributed by atoms with van der Waals surface area (Å²) in [7, 11) is 0. The number of morpholine rings is 1. The van der Waals surface area contributed by atoms with E-state index in [1.165, 1.54) is 6.20 Å². The monoisotopic (exact) mass is 279 g/mol. The van der Waals surface area contributed by atoms with E-state index in [0.717, 1.165) is 32.8 Å². The van der Waals surface area contributed by atoms with Gasteiger partial charge in [-0.15, -0.1) is 0 Å². The van der Waals surface area contributed by atoms with Crippen LogP contribution in [-0.4, -0.2) is 54.7 Å². The fourth-order valence-corrected chi connectivity index (χ4v) is 2.13. The SMILES string of the molecule is CC(CN1CCOCC1)NC(=O)c1ccc(NN)cn1. The first-order chi connectivity index (χ1) is 9.69. The Bertz CT molecular complexity index is 431. The molecular formula is C13H21N5O2. The second kappa shape index (κ2) is 7.18. The zero-order valence-corrected chi connectivity index (χ0v) is 11.6. The summed E-state index contributed by atoms with van der Waals surface area (Å²) in [6.07, 6.45) is 1.53. The number of hydrogen-bond acceptors (Lipinski definition) is 6.